The van der Waals surface area contributed by atoms with Crippen molar-refractivity contribution >= 4 is 17.7 Å². The maximum atomic E-state index is 12.2. The van der Waals surface area contributed by atoms with Crippen molar-refractivity contribution in [1.82, 2.24) is 0 Å². The van der Waals surface area contributed by atoms with E-state index in [1.807, 2.05) is 12.2 Å². The van der Waals surface area contributed by atoms with Crippen molar-refractivity contribution < 1.29 is 29.0 Å². The maximum absolute atomic E-state index is 12.2. The van der Waals surface area contributed by atoms with Crippen LogP contribution in [0.5, 0.6) is 0 Å². The van der Waals surface area contributed by atoms with Crippen molar-refractivity contribution in [3.05, 3.63) is 24.3 Å². The molecule has 0 unspecified atom stereocenters. The molecule has 0 radical (unpaired) electrons. The van der Waals surface area contributed by atoms with E-state index in [4.69, 9.17) is 9.47 Å². The molecule has 0 heterocycles. The van der Waals surface area contributed by atoms with Gasteiger partial charge in [0, 0.05) is 19.3 Å². The summed E-state index contributed by atoms with van der Waals surface area (Å²) in [7, 11) is 0. The lowest BCUT2D eigenvalue weighted by molar-refractivity contribution is -0.161. The molecule has 0 fully saturated rings. The number of carbonyl (C=O) groups excluding carboxylic acids is 3. The number of aliphatic hydroxyl groups excluding tert-OH is 1. The predicted octanol–water partition coefficient (Wildman–Crippen LogP) is 11.7. The lowest BCUT2D eigenvalue weighted by atomic mass is 10.0. The number of ketones is 1. The van der Waals surface area contributed by atoms with Gasteiger partial charge in [0.1, 0.15) is 6.61 Å². The molecular formula is C42H76O6. The average molecular weight is 677 g/mol. The highest BCUT2D eigenvalue weighted by Gasteiger charge is 2.16. The van der Waals surface area contributed by atoms with E-state index in [0.717, 1.165) is 63.7 Å². The molecule has 0 aliphatic heterocycles. The second-order valence-corrected chi connectivity index (χ2v) is 14.2. The number of hydrogen-bond acceptors (Lipinski definition) is 6. The summed E-state index contributed by atoms with van der Waals surface area (Å²) in [6.45, 7) is 6.35. The molecule has 0 aromatic rings. The summed E-state index contributed by atoms with van der Waals surface area (Å²) in [5.41, 5.74) is 0. The van der Waals surface area contributed by atoms with E-state index >= 15 is 0 Å². The molecule has 0 saturated heterocycles. The van der Waals surface area contributed by atoms with Gasteiger partial charge >= 0.3 is 11.9 Å². The molecule has 6 nitrogen and oxygen atoms in total. The maximum Gasteiger partial charge on any atom is 0.306 e. The number of aliphatic hydroxyl groups is 1. The minimum absolute atomic E-state index is 0.108. The third-order valence-corrected chi connectivity index (χ3v) is 8.90. The molecule has 48 heavy (non-hydrogen) atoms. The van der Waals surface area contributed by atoms with E-state index in [-0.39, 0.29) is 30.9 Å². The van der Waals surface area contributed by atoms with Crippen molar-refractivity contribution in [2.45, 2.75) is 207 Å². The topological polar surface area (TPSA) is 89.9 Å². The van der Waals surface area contributed by atoms with E-state index < -0.39 is 6.10 Å². The van der Waals surface area contributed by atoms with Crippen LogP contribution in [0.1, 0.15) is 201 Å². The van der Waals surface area contributed by atoms with E-state index in [2.05, 4.69) is 26.8 Å². The molecule has 1 atom stereocenters. The van der Waals surface area contributed by atoms with Gasteiger partial charge in [0.05, 0.1) is 6.61 Å². The van der Waals surface area contributed by atoms with Crippen LogP contribution in [-0.2, 0) is 23.9 Å². The largest absolute Gasteiger partial charge is 0.462 e. The third-order valence-electron chi connectivity index (χ3n) is 8.90. The highest BCUT2D eigenvalue weighted by molar-refractivity contribution is 5.89. The number of allylic oxidation sites excluding steroid dienone is 4. The summed E-state index contributed by atoms with van der Waals surface area (Å²) < 4.78 is 10.6. The number of esters is 2. The lowest BCUT2D eigenvalue weighted by Gasteiger charge is -2.15. The number of carbonyl (C=O) groups is 3. The highest BCUT2D eigenvalue weighted by Crippen LogP contribution is 2.15. The zero-order chi connectivity index (χ0) is 35.3. The summed E-state index contributed by atoms with van der Waals surface area (Å²) in [4.78, 5) is 36.2. The van der Waals surface area contributed by atoms with Gasteiger partial charge in [0.2, 0.25) is 0 Å². The summed E-state index contributed by atoms with van der Waals surface area (Å²) in [5.74, 6) is 0.329. The first-order chi connectivity index (χ1) is 23.4. The van der Waals surface area contributed by atoms with Crippen LogP contribution in [-0.4, -0.2) is 42.1 Å². The van der Waals surface area contributed by atoms with Crippen LogP contribution in [0.2, 0.25) is 0 Å². The summed E-state index contributed by atoms with van der Waals surface area (Å²) in [5, 5.41) is 9.55. The zero-order valence-corrected chi connectivity index (χ0v) is 31.7. The Morgan fingerprint density at radius 2 is 1.06 bits per heavy atom. The van der Waals surface area contributed by atoms with Gasteiger partial charge in [-0.3, -0.25) is 14.4 Å². The number of rotatable bonds is 36. The van der Waals surface area contributed by atoms with Crippen molar-refractivity contribution in [2.75, 3.05) is 13.2 Å². The van der Waals surface area contributed by atoms with Gasteiger partial charge in [-0.15, -0.1) is 0 Å². The third kappa shape index (κ3) is 35.4. The smallest absolute Gasteiger partial charge is 0.306 e. The molecule has 280 valence electrons. The molecule has 0 aromatic carbocycles. The van der Waals surface area contributed by atoms with Gasteiger partial charge in [-0.2, -0.15) is 0 Å². The molecule has 1 N–H and O–H groups in total. The Hall–Kier alpha value is -1.95. The fourth-order valence-corrected chi connectivity index (χ4v) is 5.78. The Morgan fingerprint density at radius 1 is 0.583 bits per heavy atom. The Labute approximate surface area is 296 Å². The first-order valence-corrected chi connectivity index (χ1v) is 20.2. The van der Waals surface area contributed by atoms with Crippen molar-refractivity contribution in [3.63, 3.8) is 0 Å². The van der Waals surface area contributed by atoms with Crippen LogP contribution in [0.3, 0.4) is 0 Å². The van der Waals surface area contributed by atoms with Gasteiger partial charge in [-0.1, -0.05) is 167 Å². The number of hydrogen-bond donors (Lipinski definition) is 1. The van der Waals surface area contributed by atoms with Crippen LogP contribution >= 0.6 is 0 Å². The number of ether oxygens (including phenoxy) is 2. The molecule has 6 heteroatoms. The average Bonchev–Trinajstić information content (AvgIpc) is 3.06. The highest BCUT2D eigenvalue weighted by atomic mass is 16.6. The Kier molecular flexibility index (Phi) is 34.9. The second-order valence-electron chi connectivity index (χ2n) is 14.2. The van der Waals surface area contributed by atoms with Gasteiger partial charge in [-0.05, 0) is 44.1 Å². The normalized spacial score (nSPS) is 12.4. The van der Waals surface area contributed by atoms with Crippen LogP contribution in [0.15, 0.2) is 24.3 Å². The van der Waals surface area contributed by atoms with Crippen LogP contribution < -0.4 is 0 Å². The molecule has 0 saturated carbocycles. The van der Waals surface area contributed by atoms with Crippen molar-refractivity contribution in [3.8, 4) is 0 Å². The first kappa shape index (κ1) is 46.0. The zero-order valence-electron chi connectivity index (χ0n) is 31.7. The van der Waals surface area contributed by atoms with Crippen molar-refractivity contribution in [1.29, 1.82) is 0 Å². The van der Waals surface area contributed by atoms with E-state index in [1.165, 1.54) is 103 Å². The Morgan fingerprint density at radius 3 is 1.56 bits per heavy atom. The molecule has 0 bridgehead atoms. The van der Waals surface area contributed by atoms with Gasteiger partial charge in [0.25, 0.3) is 0 Å². The summed E-state index contributed by atoms with van der Waals surface area (Å²) in [6, 6.07) is 0. The quantitative estimate of drug-likeness (QED) is 0.0307. The van der Waals surface area contributed by atoms with Crippen LogP contribution in [0, 0.1) is 5.92 Å². The molecule has 0 amide bonds. The van der Waals surface area contributed by atoms with E-state index in [1.54, 1.807) is 6.08 Å². The van der Waals surface area contributed by atoms with Gasteiger partial charge < -0.3 is 14.6 Å². The molecule has 0 aliphatic carbocycles. The first-order valence-electron chi connectivity index (χ1n) is 20.2. The summed E-state index contributed by atoms with van der Waals surface area (Å²) >= 11 is 0. The Bertz CT molecular complexity index is 802. The molecule has 0 aromatic heterocycles. The standard InChI is InChI=1S/C42H76O6/c1-4-5-6-7-17-22-27-32-39(44)33-28-23-20-25-29-34-41(45)47-37-40(36-43)48-42(46)35-30-24-19-16-14-12-10-8-9-11-13-15-18-21-26-31-38(2)3/h17,22,27,32,38,40,43H,4-16,18-21,23-26,28-31,33-37H2,1-3H3/b22-17-,32-27+/t40-/m0/s1. The minimum atomic E-state index is -0.806. The lowest BCUT2D eigenvalue weighted by Crippen LogP contribution is -2.28. The predicted molar refractivity (Wildman–Crippen MR) is 201 cm³/mol. The monoisotopic (exact) mass is 677 g/mol. The fraction of sp³-hybridized carbons (Fsp3) is 0.833. The fourth-order valence-electron chi connectivity index (χ4n) is 5.78. The van der Waals surface area contributed by atoms with E-state index in [9.17, 15) is 19.5 Å². The minimum Gasteiger partial charge on any atom is -0.462 e. The van der Waals surface area contributed by atoms with E-state index in [0.29, 0.717) is 19.3 Å². The molecule has 0 spiro atoms. The Balaban J connectivity index is 3.60. The van der Waals surface area contributed by atoms with Gasteiger partial charge in [0.15, 0.2) is 11.9 Å². The molecular weight excluding hydrogens is 600 g/mol. The molecule has 0 rings (SSSR count). The van der Waals surface area contributed by atoms with Crippen molar-refractivity contribution in [2.24, 2.45) is 5.92 Å². The summed E-state index contributed by atoms with van der Waals surface area (Å²) in [6.07, 6.45) is 37.7. The second kappa shape index (κ2) is 36.3. The van der Waals surface area contributed by atoms with Gasteiger partial charge in [-0.25, -0.2) is 0 Å². The van der Waals surface area contributed by atoms with Crippen LogP contribution in [0.25, 0.3) is 0 Å². The SMILES string of the molecule is CCCCC/C=C\C=C\C(=O)CCCCCCCC(=O)OC[C@H](CO)OC(=O)CCCCCCCCCCCCCCCCCC(C)C. The van der Waals surface area contributed by atoms with Crippen LogP contribution in [0.4, 0.5) is 0 Å². The number of unbranched alkanes of at least 4 members (excludes halogenated alkanes) is 21. The molecule has 0 aliphatic rings.